The van der Waals surface area contributed by atoms with Gasteiger partial charge in [-0.15, -0.1) is 0 Å². The zero-order valence-corrected chi connectivity index (χ0v) is 12.3. The van der Waals surface area contributed by atoms with E-state index in [1.165, 1.54) is 0 Å². The molecule has 1 aliphatic rings. The van der Waals surface area contributed by atoms with Crippen molar-refractivity contribution in [1.29, 1.82) is 0 Å². The van der Waals surface area contributed by atoms with Crippen LogP contribution in [0.5, 0.6) is 0 Å². The predicted molar refractivity (Wildman–Crippen MR) is 77.5 cm³/mol. The molecule has 0 radical (unpaired) electrons. The summed E-state index contributed by atoms with van der Waals surface area (Å²) >= 11 is 0. The van der Waals surface area contributed by atoms with Crippen LogP contribution in [-0.4, -0.2) is 14.5 Å². The van der Waals surface area contributed by atoms with Gasteiger partial charge in [0.25, 0.3) is 0 Å². The predicted octanol–water partition coefficient (Wildman–Crippen LogP) is 2.19. The number of nitrogens with two attached hydrogens (primary N) is 1. The maximum Gasteiger partial charge on any atom is 0.241 e. The van der Waals surface area contributed by atoms with E-state index in [0.29, 0.717) is 16.1 Å². The average Bonchev–Trinajstić information content (AvgIpc) is 2.78. The van der Waals surface area contributed by atoms with Crippen molar-refractivity contribution in [1.82, 2.24) is 4.72 Å². The highest BCUT2D eigenvalue weighted by atomic mass is 32.2. The molecular weight excluding hydrogens is 260 g/mol. The maximum atomic E-state index is 12.5. The standard InChI is InChI=1S/C14H20N2O2S/c1-9-8-13(15)11(3)14(10(9)2)19(17,18)16-12-6-4-5-7-12/h4-5,8,12,16H,6-7,15H2,1-3H3. The molecule has 0 heterocycles. The van der Waals surface area contributed by atoms with Crippen LogP contribution in [0.25, 0.3) is 0 Å². The van der Waals surface area contributed by atoms with Gasteiger partial charge in [-0.3, -0.25) is 0 Å². The van der Waals surface area contributed by atoms with E-state index in [1.54, 1.807) is 6.92 Å². The lowest BCUT2D eigenvalue weighted by molar-refractivity contribution is 0.556. The summed E-state index contributed by atoms with van der Waals surface area (Å²) in [6, 6.07) is 1.78. The van der Waals surface area contributed by atoms with Gasteiger partial charge in [-0.2, -0.15) is 0 Å². The Bertz CT molecular complexity index is 599. The van der Waals surface area contributed by atoms with E-state index in [-0.39, 0.29) is 6.04 Å². The molecule has 0 fully saturated rings. The number of benzene rings is 1. The quantitative estimate of drug-likeness (QED) is 0.658. The van der Waals surface area contributed by atoms with Gasteiger partial charge in [0.05, 0.1) is 4.90 Å². The van der Waals surface area contributed by atoms with Crippen molar-refractivity contribution < 1.29 is 8.42 Å². The summed E-state index contributed by atoms with van der Waals surface area (Å²) in [7, 11) is -3.52. The van der Waals surface area contributed by atoms with E-state index in [1.807, 2.05) is 32.1 Å². The first-order chi connectivity index (χ1) is 8.83. The zero-order chi connectivity index (χ0) is 14.2. The summed E-state index contributed by atoms with van der Waals surface area (Å²) in [5.74, 6) is 0. The minimum Gasteiger partial charge on any atom is -0.398 e. The Morgan fingerprint density at radius 3 is 2.32 bits per heavy atom. The van der Waals surface area contributed by atoms with E-state index in [2.05, 4.69) is 4.72 Å². The fourth-order valence-corrected chi connectivity index (χ4v) is 4.27. The van der Waals surface area contributed by atoms with E-state index in [9.17, 15) is 8.42 Å². The van der Waals surface area contributed by atoms with Gasteiger partial charge in [-0.1, -0.05) is 12.2 Å². The van der Waals surface area contributed by atoms with Crippen LogP contribution in [-0.2, 0) is 10.0 Å². The Labute approximate surface area is 114 Å². The molecule has 0 atom stereocenters. The van der Waals surface area contributed by atoms with Gasteiger partial charge >= 0.3 is 0 Å². The topological polar surface area (TPSA) is 72.2 Å². The van der Waals surface area contributed by atoms with E-state index in [0.717, 1.165) is 24.0 Å². The van der Waals surface area contributed by atoms with Crippen molar-refractivity contribution in [3.63, 3.8) is 0 Å². The molecule has 5 heteroatoms. The number of nitrogen functional groups attached to an aromatic ring is 1. The first kappa shape index (κ1) is 14.1. The molecular formula is C14H20N2O2S. The highest BCUT2D eigenvalue weighted by Crippen LogP contribution is 2.28. The van der Waals surface area contributed by atoms with E-state index in [4.69, 9.17) is 5.73 Å². The molecule has 4 nitrogen and oxygen atoms in total. The maximum absolute atomic E-state index is 12.5. The average molecular weight is 280 g/mol. The van der Waals surface area contributed by atoms with Crippen LogP contribution in [0, 0.1) is 20.8 Å². The first-order valence-electron chi connectivity index (χ1n) is 6.36. The van der Waals surface area contributed by atoms with Crippen molar-refractivity contribution in [3.05, 3.63) is 34.9 Å². The third kappa shape index (κ3) is 2.67. The molecule has 19 heavy (non-hydrogen) atoms. The lowest BCUT2D eigenvalue weighted by Gasteiger charge is -2.18. The summed E-state index contributed by atoms with van der Waals surface area (Å²) in [4.78, 5) is 0.330. The fraction of sp³-hybridized carbons (Fsp3) is 0.429. The number of hydrogen-bond acceptors (Lipinski definition) is 3. The van der Waals surface area contributed by atoms with Crippen LogP contribution in [0.1, 0.15) is 29.5 Å². The molecule has 0 aromatic heterocycles. The lowest BCUT2D eigenvalue weighted by atomic mass is 10.1. The summed E-state index contributed by atoms with van der Waals surface area (Å²) in [6.45, 7) is 5.45. The van der Waals surface area contributed by atoms with Crippen molar-refractivity contribution in [2.24, 2.45) is 0 Å². The smallest absolute Gasteiger partial charge is 0.241 e. The summed E-state index contributed by atoms with van der Waals surface area (Å²) in [5, 5.41) is 0. The van der Waals surface area contributed by atoms with E-state index < -0.39 is 10.0 Å². The normalized spacial score (nSPS) is 16.2. The van der Waals surface area contributed by atoms with E-state index >= 15 is 0 Å². The van der Waals surface area contributed by atoms with Gasteiger partial charge < -0.3 is 5.73 Å². The van der Waals surface area contributed by atoms with Gasteiger partial charge in [0.2, 0.25) is 10.0 Å². The number of rotatable bonds is 3. The Morgan fingerprint density at radius 1 is 1.16 bits per heavy atom. The zero-order valence-electron chi connectivity index (χ0n) is 11.5. The molecule has 1 aromatic carbocycles. The number of nitrogens with one attached hydrogen (secondary N) is 1. The molecule has 1 aliphatic carbocycles. The van der Waals surface area contributed by atoms with Crippen LogP contribution in [0.15, 0.2) is 23.1 Å². The minimum absolute atomic E-state index is 0.0365. The van der Waals surface area contributed by atoms with Crippen molar-refractivity contribution in [2.45, 2.75) is 44.6 Å². The Hall–Kier alpha value is -1.33. The number of aryl methyl sites for hydroxylation is 1. The van der Waals surface area contributed by atoms with Crippen molar-refractivity contribution in [2.75, 3.05) is 5.73 Å². The number of sulfonamides is 1. The molecule has 1 aromatic rings. The van der Waals surface area contributed by atoms with Crippen LogP contribution in [0.3, 0.4) is 0 Å². The summed E-state index contributed by atoms with van der Waals surface area (Å²) in [6.07, 6.45) is 5.49. The monoisotopic (exact) mass is 280 g/mol. The molecule has 0 unspecified atom stereocenters. The van der Waals surface area contributed by atoms with Crippen LogP contribution < -0.4 is 10.5 Å². The highest BCUT2D eigenvalue weighted by Gasteiger charge is 2.25. The third-order valence-electron chi connectivity index (χ3n) is 3.68. The van der Waals surface area contributed by atoms with Crippen LogP contribution in [0.2, 0.25) is 0 Å². The van der Waals surface area contributed by atoms with Gasteiger partial charge in [-0.25, -0.2) is 13.1 Å². The largest absolute Gasteiger partial charge is 0.398 e. The molecule has 0 amide bonds. The van der Waals surface area contributed by atoms with Gasteiger partial charge in [0.1, 0.15) is 0 Å². The minimum atomic E-state index is -3.52. The molecule has 0 spiro atoms. The Morgan fingerprint density at radius 2 is 1.74 bits per heavy atom. The third-order valence-corrected chi connectivity index (χ3v) is 5.47. The molecule has 3 N–H and O–H groups in total. The second-order valence-corrected chi connectivity index (χ2v) is 6.77. The van der Waals surface area contributed by atoms with Crippen molar-refractivity contribution in [3.8, 4) is 0 Å². The molecule has 2 rings (SSSR count). The van der Waals surface area contributed by atoms with Crippen molar-refractivity contribution >= 4 is 15.7 Å². The second-order valence-electron chi connectivity index (χ2n) is 5.12. The number of hydrogen-bond donors (Lipinski definition) is 2. The number of anilines is 1. The molecule has 0 saturated heterocycles. The Balaban J connectivity index is 2.45. The molecule has 0 aliphatic heterocycles. The second kappa shape index (κ2) is 4.98. The summed E-state index contributed by atoms with van der Waals surface area (Å²) < 4.78 is 27.8. The van der Waals surface area contributed by atoms with Crippen LogP contribution >= 0.6 is 0 Å². The van der Waals surface area contributed by atoms with Gasteiger partial charge in [0.15, 0.2) is 0 Å². The summed E-state index contributed by atoms with van der Waals surface area (Å²) in [5.41, 5.74) is 8.70. The van der Waals surface area contributed by atoms with Crippen LogP contribution in [0.4, 0.5) is 5.69 Å². The first-order valence-corrected chi connectivity index (χ1v) is 7.85. The Kier molecular flexibility index (Phi) is 3.69. The molecule has 0 saturated carbocycles. The van der Waals surface area contributed by atoms with Gasteiger partial charge in [0, 0.05) is 11.7 Å². The highest BCUT2D eigenvalue weighted by molar-refractivity contribution is 7.89. The molecule has 0 bridgehead atoms. The van der Waals surface area contributed by atoms with Gasteiger partial charge in [-0.05, 0) is 56.4 Å². The molecule has 104 valence electrons. The SMILES string of the molecule is Cc1cc(N)c(C)c(S(=O)(=O)NC2CC=CC2)c1C. The fourth-order valence-electron chi connectivity index (χ4n) is 2.44. The lowest BCUT2D eigenvalue weighted by Crippen LogP contribution is -2.34.